The Morgan fingerprint density at radius 3 is 2.57 bits per heavy atom. The minimum atomic E-state index is -0.177. The smallest absolute Gasteiger partial charge is 0.251 e. The van der Waals surface area contributed by atoms with E-state index in [1.54, 1.807) is 12.1 Å². The number of rotatable bonds is 7. The molecule has 1 aromatic heterocycles. The number of aromatic nitrogens is 3. The van der Waals surface area contributed by atoms with E-state index < -0.39 is 0 Å². The van der Waals surface area contributed by atoms with Gasteiger partial charge in [0.15, 0.2) is 11.0 Å². The molecule has 2 amide bonds. The molecular weight excluding hydrogens is 482 g/mol. The van der Waals surface area contributed by atoms with Crippen LogP contribution in [0.15, 0.2) is 78.0 Å². The highest BCUT2D eigenvalue weighted by Crippen LogP contribution is 2.29. The van der Waals surface area contributed by atoms with Crippen molar-refractivity contribution in [3.05, 3.63) is 101 Å². The molecule has 7 nitrogen and oxygen atoms in total. The summed E-state index contributed by atoms with van der Waals surface area (Å²) in [6, 6.07) is 23.4. The minimum Gasteiger partial charge on any atom is -0.345 e. The van der Waals surface area contributed by atoms with Gasteiger partial charge < -0.3 is 10.2 Å². The van der Waals surface area contributed by atoms with Gasteiger partial charge in [-0.1, -0.05) is 60.3 Å². The average Bonchev–Trinajstić information content (AvgIpc) is 3.34. The zero-order valence-electron chi connectivity index (χ0n) is 21.0. The molecule has 4 aromatic rings. The summed E-state index contributed by atoms with van der Waals surface area (Å²) >= 11 is 1.37. The maximum Gasteiger partial charge on any atom is 0.251 e. The second kappa shape index (κ2) is 11.0. The first-order chi connectivity index (χ1) is 18.0. The molecule has 0 radical (unpaired) electrons. The number of carbonyl (C=O) groups is 2. The van der Waals surface area contributed by atoms with E-state index in [2.05, 4.69) is 39.8 Å². The number of carbonyl (C=O) groups excluding carboxylic acids is 2. The summed E-state index contributed by atoms with van der Waals surface area (Å²) in [6.07, 6.45) is 1.95. The predicted octanol–water partition coefficient (Wildman–Crippen LogP) is 4.89. The van der Waals surface area contributed by atoms with Crippen molar-refractivity contribution in [3.8, 4) is 5.69 Å². The van der Waals surface area contributed by atoms with Crippen molar-refractivity contribution in [3.63, 3.8) is 0 Å². The molecule has 5 rings (SSSR count). The standard InChI is InChI=1S/C29H29N5O2S/c1-20-14-15-21(2)25(17-20)34-26(18-30-28(36)23-10-4-3-5-11-23)31-32-29(34)37-19-27(35)33-16-8-12-22-9-6-7-13-24(22)33/h3-7,9-11,13-15,17H,8,12,16,18-19H2,1-2H3,(H,30,36). The molecule has 0 fully saturated rings. The van der Waals surface area contributed by atoms with Crippen LogP contribution in [-0.4, -0.2) is 38.9 Å². The second-order valence-corrected chi connectivity index (χ2v) is 10.1. The van der Waals surface area contributed by atoms with Gasteiger partial charge in [0.05, 0.1) is 18.0 Å². The van der Waals surface area contributed by atoms with Gasteiger partial charge in [-0.25, -0.2) is 0 Å². The highest BCUT2D eigenvalue weighted by molar-refractivity contribution is 7.99. The second-order valence-electron chi connectivity index (χ2n) is 9.14. The Kier molecular flexibility index (Phi) is 7.37. The predicted molar refractivity (Wildman–Crippen MR) is 146 cm³/mol. The maximum atomic E-state index is 13.3. The van der Waals surface area contributed by atoms with E-state index in [9.17, 15) is 9.59 Å². The summed E-state index contributed by atoms with van der Waals surface area (Å²) in [6.45, 7) is 5.00. The number of hydrogen-bond donors (Lipinski definition) is 1. The summed E-state index contributed by atoms with van der Waals surface area (Å²) in [5.41, 5.74) is 5.89. The highest BCUT2D eigenvalue weighted by atomic mass is 32.2. The molecule has 188 valence electrons. The molecule has 8 heteroatoms. The van der Waals surface area contributed by atoms with Crippen molar-refractivity contribution < 1.29 is 9.59 Å². The summed E-state index contributed by atoms with van der Waals surface area (Å²) in [7, 11) is 0. The van der Waals surface area contributed by atoms with Gasteiger partial charge in [-0.2, -0.15) is 0 Å². The third-order valence-corrected chi connectivity index (χ3v) is 7.40. The Labute approximate surface area is 220 Å². The van der Waals surface area contributed by atoms with Gasteiger partial charge in [-0.15, -0.1) is 10.2 Å². The van der Waals surface area contributed by atoms with Crippen molar-refractivity contribution in [2.45, 2.75) is 38.4 Å². The lowest BCUT2D eigenvalue weighted by Gasteiger charge is -2.29. The summed E-state index contributed by atoms with van der Waals surface area (Å²) in [5, 5.41) is 12.4. The molecule has 0 saturated heterocycles. The zero-order chi connectivity index (χ0) is 25.8. The third-order valence-electron chi connectivity index (χ3n) is 6.49. The number of benzene rings is 3. The van der Waals surface area contributed by atoms with Gasteiger partial charge in [0, 0.05) is 17.8 Å². The Morgan fingerprint density at radius 1 is 0.946 bits per heavy atom. The fourth-order valence-corrected chi connectivity index (χ4v) is 5.40. The first kappa shape index (κ1) is 24.8. The molecule has 1 N–H and O–H groups in total. The molecule has 1 aliphatic heterocycles. The molecular formula is C29H29N5O2S. The number of anilines is 1. The van der Waals surface area contributed by atoms with Crippen molar-refractivity contribution >= 4 is 29.3 Å². The molecule has 0 unspecified atom stereocenters. The molecule has 0 aliphatic carbocycles. The molecule has 0 atom stereocenters. The van der Waals surface area contributed by atoms with E-state index in [0.29, 0.717) is 16.5 Å². The van der Waals surface area contributed by atoms with Crippen molar-refractivity contribution in [1.29, 1.82) is 0 Å². The number of nitrogens with one attached hydrogen (secondary N) is 1. The van der Waals surface area contributed by atoms with E-state index in [0.717, 1.165) is 41.9 Å². The number of fused-ring (bicyclic) bond motifs is 1. The molecule has 37 heavy (non-hydrogen) atoms. The van der Waals surface area contributed by atoms with Gasteiger partial charge in [-0.3, -0.25) is 14.2 Å². The van der Waals surface area contributed by atoms with Crippen LogP contribution >= 0.6 is 11.8 Å². The SMILES string of the molecule is Cc1ccc(C)c(-n2c(CNC(=O)c3ccccc3)nnc2SCC(=O)N2CCCc3ccccc32)c1. The van der Waals surface area contributed by atoms with E-state index in [-0.39, 0.29) is 24.1 Å². The van der Waals surface area contributed by atoms with Crippen LogP contribution in [0.2, 0.25) is 0 Å². The van der Waals surface area contributed by atoms with E-state index in [1.165, 1.54) is 17.3 Å². The van der Waals surface area contributed by atoms with E-state index in [1.807, 2.05) is 59.7 Å². The Balaban J connectivity index is 1.39. The lowest BCUT2D eigenvalue weighted by molar-refractivity contribution is -0.116. The largest absolute Gasteiger partial charge is 0.345 e. The first-order valence-corrected chi connectivity index (χ1v) is 13.4. The lowest BCUT2D eigenvalue weighted by Crippen LogP contribution is -2.36. The van der Waals surface area contributed by atoms with Gasteiger partial charge in [0.25, 0.3) is 5.91 Å². The van der Waals surface area contributed by atoms with Crippen LogP contribution in [-0.2, 0) is 17.8 Å². The Morgan fingerprint density at radius 2 is 1.73 bits per heavy atom. The number of hydrogen-bond acceptors (Lipinski definition) is 5. The van der Waals surface area contributed by atoms with Crippen LogP contribution in [0.25, 0.3) is 5.69 Å². The van der Waals surface area contributed by atoms with E-state index >= 15 is 0 Å². The van der Waals surface area contributed by atoms with Gasteiger partial charge in [0.1, 0.15) is 0 Å². The Hall–Kier alpha value is -3.91. The molecule has 0 bridgehead atoms. The number of amides is 2. The summed E-state index contributed by atoms with van der Waals surface area (Å²) in [5.74, 6) is 0.723. The van der Waals surface area contributed by atoms with Crippen LogP contribution in [0, 0.1) is 13.8 Å². The van der Waals surface area contributed by atoms with Crippen LogP contribution in [0.3, 0.4) is 0 Å². The minimum absolute atomic E-state index is 0.0478. The average molecular weight is 512 g/mol. The van der Waals surface area contributed by atoms with Gasteiger partial charge >= 0.3 is 0 Å². The summed E-state index contributed by atoms with van der Waals surface area (Å²) < 4.78 is 1.95. The Bertz CT molecular complexity index is 1430. The molecule has 2 heterocycles. The number of para-hydroxylation sites is 1. The fraction of sp³-hybridized carbons (Fsp3) is 0.241. The topological polar surface area (TPSA) is 80.1 Å². The first-order valence-electron chi connectivity index (χ1n) is 12.4. The van der Waals surface area contributed by atoms with Crippen molar-refractivity contribution in [2.75, 3.05) is 17.2 Å². The van der Waals surface area contributed by atoms with Crippen molar-refractivity contribution in [1.82, 2.24) is 20.1 Å². The molecule has 0 saturated carbocycles. The van der Waals surface area contributed by atoms with Crippen LogP contribution in [0.1, 0.15) is 39.3 Å². The van der Waals surface area contributed by atoms with Crippen LogP contribution < -0.4 is 10.2 Å². The lowest BCUT2D eigenvalue weighted by atomic mass is 10.0. The number of nitrogens with zero attached hydrogens (tertiary/aromatic N) is 4. The van der Waals surface area contributed by atoms with Gasteiger partial charge in [-0.05, 0) is 67.6 Å². The number of thioether (sulfide) groups is 1. The molecule has 3 aromatic carbocycles. The quantitative estimate of drug-likeness (QED) is 0.358. The normalized spacial score (nSPS) is 12.8. The van der Waals surface area contributed by atoms with Gasteiger partial charge in [0.2, 0.25) is 5.91 Å². The van der Waals surface area contributed by atoms with Crippen LogP contribution in [0.5, 0.6) is 0 Å². The van der Waals surface area contributed by atoms with Crippen LogP contribution in [0.4, 0.5) is 5.69 Å². The maximum absolute atomic E-state index is 13.3. The van der Waals surface area contributed by atoms with Crippen molar-refractivity contribution in [2.24, 2.45) is 0 Å². The molecule has 0 spiro atoms. The fourth-order valence-electron chi connectivity index (χ4n) is 4.56. The summed E-state index contributed by atoms with van der Waals surface area (Å²) in [4.78, 5) is 27.8. The highest BCUT2D eigenvalue weighted by Gasteiger charge is 2.24. The number of aryl methyl sites for hydroxylation is 3. The third kappa shape index (κ3) is 5.44. The zero-order valence-corrected chi connectivity index (χ0v) is 21.8. The van der Waals surface area contributed by atoms with E-state index in [4.69, 9.17) is 0 Å². The molecule has 1 aliphatic rings. The monoisotopic (exact) mass is 511 g/mol.